The van der Waals surface area contributed by atoms with Gasteiger partial charge in [-0.3, -0.25) is 0 Å². The van der Waals surface area contributed by atoms with Crippen molar-refractivity contribution < 1.29 is 0 Å². The quantitative estimate of drug-likeness (QED) is 0.573. The first kappa shape index (κ1) is 7.03. The van der Waals surface area contributed by atoms with E-state index in [1.807, 2.05) is 0 Å². The first-order valence-electron chi connectivity index (χ1n) is 3.87. The van der Waals surface area contributed by atoms with Crippen LogP contribution in [0.1, 0.15) is 19.8 Å². The van der Waals surface area contributed by atoms with E-state index in [0.29, 0.717) is 0 Å². The maximum Gasteiger partial charge on any atom is 0.0204 e. The molecule has 2 nitrogen and oxygen atoms in total. The Bertz CT molecular complexity index is 67.3. The summed E-state index contributed by atoms with van der Waals surface area (Å²) >= 11 is 0. The lowest BCUT2D eigenvalue weighted by Gasteiger charge is -2.08. The number of hydrogen-bond acceptors (Lipinski definition) is 2. The zero-order valence-corrected chi connectivity index (χ0v) is 6.11. The number of nitrogens with one attached hydrogen (secondary N) is 2. The van der Waals surface area contributed by atoms with Crippen LogP contribution >= 0.6 is 0 Å². The van der Waals surface area contributed by atoms with Gasteiger partial charge in [0.25, 0.3) is 0 Å². The second-order valence-electron chi connectivity index (χ2n) is 2.64. The van der Waals surface area contributed by atoms with Crippen LogP contribution in [-0.4, -0.2) is 25.7 Å². The normalized spacial score (nSPS) is 27.0. The third-order valence-corrected chi connectivity index (χ3v) is 1.74. The Kier molecular flexibility index (Phi) is 3.01. The molecule has 0 unspecified atom stereocenters. The second kappa shape index (κ2) is 3.85. The molecule has 1 aliphatic rings. The third kappa shape index (κ3) is 2.33. The standard InChI is InChI=1S/C7H16N2/c1-2-4-9-7-3-5-8-6-7/h7-9H,2-6H2,1H3/t7-/m0/s1. The SMILES string of the molecule is CCCN[C@H]1CCNC1. The van der Waals surface area contributed by atoms with Crippen molar-refractivity contribution in [3.8, 4) is 0 Å². The van der Waals surface area contributed by atoms with E-state index in [0.717, 1.165) is 6.04 Å². The molecule has 0 radical (unpaired) electrons. The lowest BCUT2D eigenvalue weighted by Crippen LogP contribution is -2.31. The summed E-state index contributed by atoms with van der Waals surface area (Å²) in [6.45, 7) is 5.74. The van der Waals surface area contributed by atoms with Crippen molar-refractivity contribution >= 4 is 0 Å². The highest BCUT2D eigenvalue weighted by atomic mass is 15.0. The highest BCUT2D eigenvalue weighted by Crippen LogP contribution is 1.95. The van der Waals surface area contributed by atoms with E-state index < -0.39 is 0 Å². The predicted molar refractivity (Wildman–Crippen MR) is 39.6 cm³/mol. The summed E-state index contributed by atoms with van der Waals surface area (Å²) in [4.78, 5) is 0. The molecule has 0 aromatic rings. The number of hydrogen-bond donors (Lipinski definition) is 2. The van der Waals surface area contributed by atoms with Gasteiger partial charge in [-0.25, -0.2) is 0 Å². The van der Waals surface area contributed by atoms with Crippen LogP contribution in [0.4, 0.5) is 0 Å². The topological polar surface area (TPSA) is 24.1 Å². The Morgan fingerprint density at radius 1 is 1.67 bits per heavy atom. The summed E-state index contributed by atoms with van der Waals surface area (Å²) in [5.74, 6) is 0. The van der Waals surface area contributed by atoms with Gasteiger partial charge in [-0.2, -0.15) is 0 Å². The van der Waals surface area contributed by atoms with Crippen molar-refractivity contribution in [2.75, 3.05) is 19.6 Å². The maximum atomic E-state index is 3.47. The van der Waals surface area contributed by atoms with Crippen LogP contribution in [0.2, 0.25) is 0 Å². The van der Waals surface area contributed by atoms with Crippen molar-refractivity contribution in [1.82, 2.24) is 10.6 Å². The Balaban J connectivity index is 1.98. The second-order valence-corrected chi connectivity index (χ2v) is 2.64. The van der Waals surface area contributed by atoms with Crippen molar-refractivity contribution in [3.63, 3.8) is 0 Å². The molecule has 0 aliphatic carbocycles. The smallest absolute Gasteiger partial charge is 0.0204 e. The molecule has 1 atom stereocenters. The zero-order valence-electron chi connectivity index (χ0n) is 6.11. The minimum Gasteiger partial charge on any atom is -0.315 e. The van der Waals surface area contributed by atoms with E-state index in [1.54, 1.807) is 0 Å². The Morgan fingerprint density at radius 2 is 2.56 bits per heavy atom. The average molecular weight is 128 g/mol. The molecule has 1 rings (SSSR count). The Hall–Kier alpha value is -0.0800. The van der Waals surface area contributed by atoms with E-state index in [4.69, 9.17) is 0 Å². The van der Waals surface area contributed by atoms with Crippen LogP contribution in [0.25, 0.3) is 0 Å². The highest BCUT2D eigenvalue weighted by molar-refractivity contribution is 4.76. The molecule has 0 saturated carbocycles. The molecule has 1 heterocycles. The summed E-state index contributed by atoms with van der Waals surface area (Å²) in [5, 5.41) is 6.79. The molecule has 0 bridgehead atoms. The van der Waals surface area contributed by atoms with E-state index >= 15 is 0 Å². The minimum atomic E-state index is 0.755. The Labute approximate surface area is 57.0 Å². The van der Waals surface area contributed by atoms with Gasteiger partial charge in [-0.05, 0) is 25.9 Å². The molecular formula is C7H16N2. The molecule has 0 spiro atoms. The lowest BCUT2D eigenvalue weighted by molar-refractivity contribution is 0.545. The van der Waals surface area contributed by atoms with Gasteiger partial charge < -0.3 is 10.6 Å². The summed E-state index contributed by atoms with van der Waals surface area (Å²) in [6, 6.07) is 0.755. The fraction of sp³-hybridized carbons (Fsp3) is 1.00. The van der Waals surface area contributed by atoms with Gasteiger partial charge in [-0.1, -0.05) is 6.92 Å². The molecule has 1 saturated heterocycles. The van der Waals surface area contributed by atoms with E-state index in [2.05, 4.69) is 17.6 Å². The van der Waals surface area contributed by atoms with Gasteiger partial charge in [-0.15, -0.1) is 0 Å². The van der Waals surface area contributed by atoms with Crippen molar-refractivity contribution in [1.29, 1.82) is 0 Å². The minimum absolute atomic E-state index is 0.755. The van der Waals surface area contributed by atoms with Gasteiger partial charge in [0, 0.05) is 12.6 Å². The average Bonchev–Trinajstić information content (AvgIpc) is 2.34. The van der Waals surface area contributed by atoms with Gasteiger partial charge in [0.15, 0.2) is 0 Å². The van der Waals surface area contributed by atoms with Crippen LogP contribution in [0.3, 0.4) is 0 Å². The zero-order chi connectivity index (χ0) is 6.53. The van der Waals surface area contributed by atoms with Gasteiger partial charge in [0.1, 0.15) is 0 Å². The molecule has 2 N–H and O–H groups in total. The van der Waals surface area contributed by atoms with Gasteiger partial charge in [0.2, 0.25) is 0 Å². The van der Waals surface area contributed by atoms with E-state index in [9.17, 15) is 0 Å². The molecule has 2 heteroatoms. The first-order chi connectivity index (χ1) is 4.43. The van der Waals surface area contributed by atoms with Crippen molar-refractivity contribution in [2.24, 2.45) is 0 Å². The van der Waals surface area contributed by atoms with Crippen LogP contribution in [0.15, 0.2) is 0 Å². The van der Waals surface area contributed by atoms with E-state index in [-0.39, 0.29) is 0 Å². The van der Waals surface area contributed by atoms with Crippen LogP contribution < -0.4 is 10.6 Å². The van der Waals surface area contributed by atoms with Crippen molar-refractivity contribution in [2.45, 2.75) is 25.8 Å². The molecule has 0 aromatic heterocycles. The molecule has 0 aromatic carbocycles. The highest BCUT2D eigenvalue weighted by Gasteiger charge is 2.11. The van der Waals surface area contributed by atoms with Crippen LogP contribution in [0.5, 0.6) is 0 Å². The Morgan fingerprint density at radius 3 is 3.11 bits per heavy atom. The fourth-order valence-corrected chi connectivity index (χ4v) is 1.18. The molecule has 9 heavy (non-hydrogen) atoms. The summed E-state index contributed by atoms with van der Waals surface area (Å²) in [7, 11) is 0. The monoisotopic (exact) mass is 128 g/mol. The van der Waals surface area contributed by atoms with Gasteiger partial charge >= 0.3 is 0 Å². The van der Waals surface area contributed by atoms with E-state index in [1.165, 1.54) is 32.5 Å². The predicted octanol–water partition coefficient (Wildman–Crippen LogP) is 0.348. The number of rotatable bonds is 3. The van der Waals surface area contributed by atoms with Crippen molar-refractivity contribution in [3.05, 3.63) is 0 Å². The maximum absolute atomic E-state index is 3.47. The molecule has 0 amide bonds. The third-order valence-electron chi connectivity index (χ3n) is 1.74. The summed E-state index contributed by atoms with van der Waals surface area (Å²) < 4.78 is 0. The fourth-order valence-electron chi connectivity index (χ4n) is 1.18. The van der Waals surface area contributed by atoms with Gasteiger partial charge in [0.05, 0.1) is 0 Å². The molecule has 54 valence electrons. The summed E-state index contributed by atoms with van der Waals surface area (Å²) in [5.41, 5.74) is 0. The first-order valence-corrected chi connectivity index (χ1v) is 3.87. The van der Waals surface area contributed by atoms with Crippen LogP contribution in [0, 0.1) is 0 Å². The molecule has 1 aliphatic heterocycles. The van der Waals surface area contributed by atoms with Crippen LogP contribution in [-0.2, 0) is 0 Å². The molecular weight excluding hydrogens is 112 g/mol. The largest absolute Gasteiger partial charge is 0.315 e. The molecule has 1 fully saturated rings. The summed E-state index contributed by atoms with van der Waals surface area (Å²) in [6.07, 6.45) is 2.55. The lowest BCUT2D eigenvalue weighted by atomic mass is 10.2.